The van der Waals surface area contributed by atoms with Gasteiger partial charge in [-0.1, -0.05) is 47.6 Å². The quantitative estimate of drug-likeness (QED) is 0.147. The van der Waals surface area contributed by atoms with Gasteiger partial charge >= 0.3 is 0 Å². The lowest BCUT2D eigenvalue weighted by molar-refractivity contribution is -0.123. The summed E-state index contributed by atoms with van der Waals surface area (Å²) in [5, 5.41) is 16.1. The van der Waals surface area contributed by atoms with E-state index in [0.717, 1.165) is 17.3 Å². The van der Waals surface area contributed by atoms with Gasteiger partial charge in [-0.3, -0.25) is 34.3 Å². The molecule has 0 spiro atoms. The molecule has 53 heavy (non-hydrogen) atoms. The number of carbonyl (C=O) groups excluding carboxylic acids is 3. The van der Waals surface area contributed by atoms with Crippen molar-refractivity contribution in [1.29, 1.82) is 0 Å². The van der Waals surface area contributed by atoms with E-state index in [0.29, 0.717) is 38.0 Å². The second kappa shape index (κ2) is 17.3. The van der Waals surface area contributed by atoms with Gasteiger partial charge in [0.2, 0.25) is 11.8 Å². The molecule has 0 aliphatic rings. The Morgan fingerprint density at radius 1 is 0.660 bits per heavy atom. The number of fused-ring (bicyclic) bond motifs is 2. The Bertz CT molecular complexity index is 2260. The summed E-state index contributed by atoms with van der Waals surface area (Å²) in [6, 6.07) is 18.8. The van der Waals surface area contributed by atoms with E-state index < -0.39 is 22.8 Å². The fourth-order valence-electron chi connectivity index (χ4n) is 4.43. The molecular weight excluding hydrogens is 746 g/mol. The molecule has 2 aromatic heterocycles. The van der Waals surface area contributed by atoms with Crippen molar-refractivity contribution >= 4 is 67.5 Å². The first kappa shape index (κ1) is 40.2. The maximum atomic E-state index is 14.3. The Morgan fingerprint density at radius 3 is 1.64 bits per heavy atom. The first-order valence-electron chi connectivity index (χ1n) is 16.4. The van der Waals surface area contributed by atoms with Crippen LogP contribution in [0.5, 0.6) is 0 Å². The molecule has 0 saturated carbocycles. The molecule has 1 atom stereocenters. The van der Waals surface area contributed by atoms with E-state index in [9.17, 15) is 28.3 Å². The third-order valence-electron chi connectivity index (χ3n) is 7.53. The summed E-state index contributed by atoms with van der Waals surface area (Å²) in [5.74, 6) is -1.18. The van der Waals surface area contributed by atoms with E-state index in [-0.39, 0.29) is 23.2 Å². The molecule has 0 aliphatic heterocycles. The van der Waals surface area contributed by atoms with Crippen molar-refractivity contribution in [3.05, 3.63) is 130 Å². The average Bonchev–Trinajstić information content (AvgIpc) is 3.13. The first-order chi connectivity index (χ1) is 25.0. The van der Waals surface area contributed by atoms with E-state index in [1.165, 1.54) is 30.3 Å². The smallest absolute Gasteiger partial charge is 0.229 e. The Hall–Kier alpha value is -5.53. The Balaban J connectivity index is 0.000000196. The van der Waals surface area contributed by atoms with E-state index in [2.05, 4.69) is 46.5 Å². The second-order valence-electron chi connectivity index (χ2n) is 13.9. The monoisotopic (exact) mass is 784 g/mol. The largest absolute Gasteiger partial charge is 0.384 e. The lowest BCUT2D eigenvalue weighted by Crippen LogP contribution is -2.27. The summed E-state index contributed by atoms with van der Waals surface area (Å²) in [5.41, 5.74) is 4.05. The zero-order valence-electron chi connectivity index (χ0n) is 30.0. The number of halogens is 3. The summed E-state index contributed by atoms with van der Waals surface area (Å²) in [7, 11) is 0. The zero-order valence-corrected chi connectivity index (χ0v) is 31.6. The van der Waals surface area contributed by atoms with Crippen LogP contribution in [0.2, 0.25) is 0 Å². The lowest BCUT2D eigenvalue weighted by atomic mass is 9.95. The van der Waals surface area contributed by atoms with Crippen molar-refractivity contribution < 1.29 is 28.3 Å². The number of nitrogens with zero attached hydrogens (tertiary/aromatic N) is 4. The molecular formula is C40H39BrF2N6O4. The normalized spacial score (nSPS) is 11.7. The minimum absolute atomic E-state index is 0.0833. The molecule has 0 aliphatic carbocycles. The van der Waals surface area contributed by atoms with Crippen molar-refractivity contribution in [3.8, 4) is 0 Å². The molecule has 2 amide bonds. The Morgan fingerprint density at radius 2 is 1.13 bits per heavy atom. The number of aliphatic hydroxyl groups excluding tert-OH is 1. The molecule has 0 bridgehead atoms. The van der Waals surface area contributed by atoms with Crippen LogP contribution < -0.4 is 10.6 Å². The van der Waals surface area contributed by atoms with Crippen LogP contribution in [0.4, 0.5) is 20.2 Å². The molecule has 274 valence electrons. The molecule has 3 N–H and O–H groups in total. The van der Waals surface area contributed by atoms with Crippen LogP contribution >= 0.6 is 15.9 Å². The van der Waals surface area contributed by atoms with Gasteiger partial charge in [0.1, 0.15) is 24.0 Å². The van der Waals surface area contributed by atoms with Crippen LogP contribution in [0.15, 0.2) is 102 Å². The summed E-state index contributed by atoms with van der Waals surface area (Å²) in [4.78, 5) is 50.7. The van der Waals surface area contributed by atoms with E-state index in [1.54, 1.807) is 88.0 Å². The Kier molecular flexibility index (Phi) is 13.2. The number of aldehydes is 1. The van der Waals surface area contributed by atoms with E-state index in [4.69, 9.17) is 0 Å². The Labute approximate surface area is 314 Å². The van der Waals surface area contributed by atoms with Gasteiger partial charge < -0.3 is 15.7 Å². The number of aromatic nitrogens is 4. The van der Waals surface area contributed by atoms with Crippen LogP contribution in [0.25, 0.3) is 22.1 Å². The topological polar surface area (TPSA) is 147 Å². The SMILES string of the molecule is CC(C)(C)C(=O)Nc1ccc(F)c(Br)c1.CC(C)(C)C(=O)Nc1ccc(F)c(C(O)c2ccc3nccnc3c2)c1.O=Cc1ccc2nccnc2c1. The van der Waals surface area contributed by atoms with Crippen LogP contribution in [-0.4, -0.2) is 43.1 Å². The molecule has 13 heteroatoms. The van der Waals surface area contributed by atoms with Gasteiger partial charge in [-0.05, 0) is 88.2 Å². The van der Waals surface area contributed by atoms with Gasteiger partial charge in [0.15, 0.2) is 0 Å². The van der Waals surface area contributed by atoms with Crippen molar-refractivity contribution in [2.45, 2.75) is 47.6 Å². The third-order valence-corrected chi connectivity index (χ3v) is 8.13. The van der Waals surface area contributed by atoms with E-state index in [1.807, 2.05) is 20.8 Å². The lowest BCUT2D eigenvalue weighted by Gasteiger charge is -2.19. The number of nitrogens with one attached hydrogen (secondary N) is 2. The fourth-order valence-corrected chi connectivity index (χ4v) is 4.80. The predicted octanol–water partition coefficient (Wildman–Crippen LogP) is 8.85. The molecule has 0 fully saturated rings. The maximum absolute atomic E-state index is 14.3. The van der Waals surface area contributed by atoms with Gasteiger partial charge in [0, 0.05) is 58.1 Å². The number of benzene rings is 4. The molecule has 4 aromatic carbocycles. The molecule has 6 aromatic rings. The number of carbonyl (C=O) groups is 3. The number of rotatable bonds is 5. The first-order valence-corrected chi connectivity index (χ1v) is 17.2. The number of hydrogen-bond acceptors (Lipinski definition) is 8. The van der Waals surface area contributed by atoms with Gasteiger partial charge in [-0.25, -0.2) is 8.78 Å². The maximum Gasteiger partial charge on any atom is 0.229 e. The molecule has 0 saturated heterocycles. The van der Waals surface area contributed by atoms with Crippen molar-refractivity contribution in [1.82, 2.24) is 19.9 Å². The molecule has 1 unspecified atom stereocenters. The van der Waals surface area contributed by atoms with Crippen molar-refractivity contribution in [3.63, 3.8) is 0 Å². The number of amides is 2. The summed E-state index contributed by atoms with van der Waals surface area (Å²) in [6.45, 7) is 10.8. The highest BCUT2D eigenvalue weighted by molar-refractivity contribution is 9.10. The van der Waals surface area contributed by atoms with Crippen molar-refractivity contribution in [2.24, 2.45) is 10.8 Å². The molecule has 10 nitrogen and oxygen atoms in total. The highest BCUT2D eigenvalue weighted by Crippen LogP contribution is 2.29. The third kappa shape index (κ3) is 11.2. The molecule has 2 heterocycles. The van der Waals surface area contributed by atoms with Crippen LogP contribution in [-0.2, 0) is 9.59 Å². The summed E-state index contributed by atoms with van der Waals surface area (Å²) in [6.07, 6.45) is 5.99. The van der Waals surface area contributed by atoms with E-state index >= 15 is 0 Å². The van der Waals surface area contributed by atoms with Crippen LogP contribution in [0.3, 0.4) is 0 Å². The van der Waals surface area contributed by atoms with Crippen molar-refractivity contribution in [2.75, 3.05) is 10.6 Å². The fraction of sp³-hybridized carbons (Fsp3) is 0.225. The number of hydrogen-bond donors (Lipinski definition) is 3. The number of aliphatic hydroxyl groups is 1. The van der Waals surface area contributed by atoms with Gasteiger partial charge in [-0.15, -0.1) is 0 Å². The van der Waals surface area contributed by atoms with Crippen LogP contribution in [0.1, 0.15) is 69.1 Å². The standard InChI is InChI=1S/C20H20FN3O2.C11H13BrFNO.C9H6N2O/c1-20(2,3)19(26)24-13-5-6-15(21)14(11-13)18(25)12-4-7-16-17(10-12)23-9-8-22-16;1-11(2,3)10(15)14-7-4-5-9(13)8(12)6-7;12-6-7-1-2-8-9(5-7)11-4-3-10-8/h4-11,18,25H,1-3H3,(H,24,26);4-6H,1-3H3,(H,14,15);1-6H. The average molecular weight is 786 g/mol. The second-order valence-corrected chi connectivity index (χ2v) is 14.8. The minimum atomic E-state index is -1.19. The van der Waals surface area contributed by atoms with Crippen LogP contribution in [0, 0.1) is 22.5 Å². The van der Waals surface area contributed by atoms with Gasteiger partial charge in [0.25, 0.3) is 0 Å². The highest BCUT2D eigenvalue weighted by Gasteiger charge is 2.23. The minimum Gasteiger partial charge on any atom is -0.384 e. The highest BCUT2D eigenvalue weighted by atomic mass is 79.9. The summed E-state index contributed by atoms with van der Waals surface area (Å²) >= 11 is 3.06. The molecule has 0 radical (unpaired) electrons. The molecule has 6 rings (SSSR count). The zero-order chi connectivity index (χ0) is 38.9. The van der Waals surface area contributed by atoms with Gasteiger partial charge in [-0.2, -0.15) is 0 Å². The summed E-state index contributed by atoms with van der Waals surface area (Å²) < 4.78 is 27.5. The number of anilines is 2. The van der Waals surface area contributed by atoms with Gasteiger partial charge in [0.05, 0.1) is 26.5 Å². The predicted molar refractivity (Wildman–Crippen MR) is 205 cm³/mol.